The second-order valence-electron chi connectivity index (χ2n) is 11.3. The minimum Gasteiger partial charge on any atom is -0.349 e. The molecule has 0 aromatic carbocycles. The van der Waals surface area contributed by atoms with Crippen LogP contribution in [-0.2, 0) is 9.47 Å². The third-order valence-electron chi connectivity index (χ3n) is 9.21. The molecule has 2 heteroatoms. The van der Waals surface area contributed by atoms with E-state index in [1.54, 1.807) is 0 Å². The van der Waals surface area contributed by atoms with E-state index in [-0.39, 0.29) is 11.2 Å². The predicted molar refractivity (Wildman–Crippen MR) is 104 cm³/mol. The number of hydrogen-bond acceptors (Lipinski definition) is 2. The van der Waals surface area contributed by atoms with Gasteiger partial charge in [-0.1, -0.05) is 68.7 Å². The molecule has 0 aromatic heterocycles. The highest BCUT2D eigenvalue weighted by Gasteiger charge is 2.74. The van der Waals surface area contributed by atoms with E-state index in [1.807, 2.05) is 0 Å². The van der Waals surface area contributed by atoms with Gasteiger partial charge in [-0.15, -0.1) is 0 Å². The van der Waals surface area contributed by atoms with Crippen LogP contribution < -0.4 is 0 Å². The van der Waals surface area contributed by atoms with Gasteiger partial charge < -0.3 is 9.47 Å². The van der Waals surface area contributed by atoms with E-state index in [2.05, 4.69) is 62.3 Å². The van der Waals surface area contributed by atoms with E-state index in [4.69, 9.17) is 9.47 Å². The highest BCUT2D eigenvalue weighted by Crippen LogP contribution is 2.72. The summed E-state index contributed by atoms with van der Waals surface area (Å²) in [5.74, 6) is 1.03. The van der Waals surface area contributed by atoms with Crippen LogP contribution in [-0.4, -0.2) is 18.5 Å². The number of hydrogen-bond donors (Lipinski definition) is 0. The van der Waals surface area contributed by atoms with Crippen molar-refractivity contribution in [2.75, 3.05) is 6.61 Å². The van der Waals surface area contributed by atoms with Crippen LogP contribution in [0.4, 0.5) is 0 Å². The van der Waals surface area contributed by atoms with Gasteiger partial charge in [0, 0.05) is 17.3 Å². The van der Waals surface area contributed by atoms with Crippen molar-refractivity contribution in [3.63, 3.8) is 0 Å². The highest BCUT2D eigenvalue weighted by atomic mass is 16.7. The summed E-state index contributed by atoms with van der Waals surface area (Å²) in [6.45, 7) is 22.2. The van der Waals surface area contributed by atoms with Crippen LogP contribution in [0.5, 0.6) is 0 Å². The summed E-state index contributed by atoms with van der Waals surface area (Å²) in [5, 5.41) is 0. The third-order valence-corrected chi connectivity index (χ3v) is 9.21. The van der Waals surface area contributed by atoms with E-state index in [9.17, 15) is 0 Å². The summed E-state index contributed by atoms with van der Waals surface area (Å²) >= 11 is 0. The first-order chi connectivity index (χ1) is 11.4. The topological polar surface area (TPSA) is 18.5 Å². The fourth-order valence-corrected chi connectivity index (χ4v) is 6.54. The molecular formula is C23H42O2. The minimum atomic E-state index is -0.308. The van der Waals surface area contributed by atoms with Crippen molar-refractivity contribution in [1.29, 1.82) is 0 Å². The Balaban J connectivity index is 0.000000569. The standard InChI is InChI=1S/C20H34O2.C3H8/c1-13-10-20(19(7)9-8-18(19,6)12-21-20)22-14-11-16(2,3)17(4,5)15(13)14;1-3-2/h13-15H,8-12H2,1-7H3;3H2,1-2H3/t13-,14+,15?,18-,19-,20+;/m1./s1. The molecule has 2 aliphatic carbocycles. The Morgan fingerprint density at radius 2 is 1.52 bits per heavy atom. The van der Waals surface area contributed by atoms with Gasteiger partial charge in [0.25, 0.3) is 0 Å². The molecule has 2 saturated heterocycles. The Labute approximate surface area is 156 Å². The molecule has 0 radical (unpaired) electrons. The van der Waals surface area contributed by atoms with Gasteiger partial charge in [-0.05, 0) is 41.9 Å². The maximum atomic E-state index is 6.88. The summed E-state index contributed by atoms with van der Waals surface area (Å²) in [7, 11) is 0. The number of fused-ring (bicyclic) bond motifs is 3. The molecule has 25 heavy (non-hydrogen) atoms. The van der Waals surface area contributed by atoms with Gasteiger partial charge in [-0.2, -0.15) is 0 Å². The fraction of sp³-hybridized carbons (Fsp3) is 1.00. The van der Waals surface area contributed by atoms with Crippen LogP contribution in [0.1, 0.15) is 94.4 Å². The van der Waals surface area contributed by atoms with Gasteiger partial charge in [0.2, 0.25) is 0 Å². The Hall–Kier alpha value is -0.0800. The zero-order chi connectivity index (χ0) is 18.9. The summed E-state index contributed by atoms with van der Waals surface area (Å²) in [6.07, 6.45) is 6.44. The molecule has 6 atom stereocenters. The molecule has 1 unspecified atom stereocenters. The molecule has 2 nitrogen and oxygen atoms in total. The SMILES string of the molecule is CCC.C[C@@H]1C[C@]2(OC[C@@]3(C)CC[C@]32C)O[C@H]2CC(C)(C)C(C)(C)C12. The molecule has 1 spiro atoms. The van der Waals surface area contributed by atoms with Gasteiger partial charge in [0.15, 0.2) is 5.79 Å². The highest BCUT2D eigenvalue weighted by molar-refractivity contribution is 5.17. The molecule has 2 aliphatic heterocycles. The summed E-state index contributed by atoms with van der Waals surface area (Å²) in [4.78, 5) is 0. The van der Waals surface area contributed by atoms with E-state index in [1.165, 1.54) is 25.7 Å². The largest absolute Gasteiger partial charge is 0.349 e. The van der Waals surface area contributed by atoms with Crippen LogP contribution in [0.3, 0.4) is 0 Å². The van der Waals surface area contributed by atoms with Gasteiger partial charge in [0.05, 0.1) is 12.7 Å². The fourth-order valence-electron chi connectivity index (χ4n) is 6.54. The summed E-state index contributed by atoms with van der Waals surface area (Å²) in [6, 6.07) is 0. The second kappa shape index (κ2) is 5.71. The lowest BCUT2D eigenvalue weighted by Crippen LogP contribution is -2.62. The third kappa shape index (κ3) is 2.35. The van der Waals surface area contributed by atoms with E-state index in [0.29, 0.717) is 34.2 Å². The monoisotopic (exact) mass is 350 g/mol. The molecule has 0 N–H and O–H groups in total. The van der Waals surface area contributed by atoms with Crippen LogP contribution in [0.25, 0.3) is 0 Å². The number of ether oxygens (including phenoxy) is 2. The Morgan fingerprint density at radius 3 is 2.00 bits per heavy atom. The van der Waals surface area contributed by atoms with E-state index in [0.717, 1.165) is 13.0 Å². The van der Waals surface area contributed by atoms with Crippen molar-refractivity contribution in [1.82, 2.24) is 0 Å². The Kier molecular flexibility index (Phi) is 4.49. The summed E-state index contributed by atoms with van der Waals surface area (Å²) in [5.41, 5.74) is 1.23. The van der Waals surface area contributed by atoms with E-state index >= 15 is 0 Å². The zero-order valence-corrected chi connectivity index (χ0v) is 18.3. The van der Waals surface area contributed by atoms with Crippen LogP contribution in [0.2, 0.25) is 0 Å². The predicted octanol–water partition coefficient (Wildman–Crippen LogP) is 6.43. The molecule has 4 fully saturated rings. The average molecular weight is 351 g/mol. The van der Waals surface area contributed by atoms with Crippen molar-refractivity contribution in [3.8, 4) is 0 Å². The van der Waals surface area contributed by atoms with Crippen molar-refractivity contribution < 1.29 is 9.47 Å². The quantitative estimate of drug-likeness (QED) is 0.501. The maximum absolute atomic E-state index is 6.88. The first-order valence-electron chi connectivity index (χ1n) is 10.7. The first kappa shape index (κ1) is 19.7. The molecule has 0 aromatic rings. The number of rotatable bonds is 0. The lowest BCUT2D eigenvalue weighted by Gasteiger charge is -2.60. The van der Waals surface area contributed by atoms with Gasteiger partial charge in [0.1, 0.15) is 0 Å². The second-order valence-corrected chi connectivity index (χ2v) is 11.3. The van der Waals surface area contributed by atoms with Crippen LogP contribution >= 0.6 is 0 Å². The summed E-state index contributed by atoms with van der Waals surface area (Å²) < 4.78 is 13.3. The average Bonchev–Trinajstić information content (AvgIpc) is 2.74. The molecule has 0 amide bonds. The molecule has 0 bridgehead atoms. The first-order valence-corrected chi connectivity index (χ1v) is 10.7. The molecule has 146 valence electrons. The Morgan fingerprint density at radius 1 is 0.920 bits per heavy atom. The Bertz CT molecular complexity index is 524. The van der Waals surface area contributed by atoms with Crippen LogP contribution in [0.15, 0.2) is 0 Å². The minimum absolute atomic E-state index is 0.218. The normalized spacial score (nSPS) is 52.0. The van der Waals surface area contributed by atoms with Gasteiger partial charge in [-0.25, -0.2) is 0 Å². The molecule has 4 aliphatic rings. The molecule has 2 heterocycles. The molecule has 4 rings (SSSR count). The van der Waals surface area contributed by atoms with Crippen molar-refractivity contribution in [2.24, 2.45) is 33.5 Å². The van der Waals surface area contributed by atoms with Crippen molar-refractivity contribution >= 4 is 0 Å². The maximum Gasteiger partial charge on any atom is 0.174 e. The zero-order valence-electron chi connectivity index (χ0n) is 18.3. The van der Waals surface area contributed by atoms with Crippen molar-refractivity contribution in [3.05, 3.63) is 0 Å². The smallest absolute Gasteiger partial charge is 0.174 e. The molecular weight excluding hydrogens is 308 g/mol. The van der Waals surface area contributed by atoms with Gasteiger partial charge in [-0.3, -0.25) is 0 Å². The van der Waals surface area contributed by atoms with Crippen LogP contribution in [0, 0.1) is 33.5 Å². The van der Waals surface area contributed by atoms with E-state index < -0.39 is 0 Å². The molecule has 2 saturated carbocycles. The van der Waals surface area contributed by atoms with Gasteiger partial charge >= 0.3 is 0 Å². The lowest BCUT2D eigenvalue weighted by atomic mass is 9.48. The lowest BCUT2D eigenvalue weighted by molar-refractivity contribution is -0.332. The van der Waals surface area contributed by atoms with Crippen molar-refractivity contribution in [2.45, 2.75) is 106 Å².